The molecular formula is C17H24S. The molecular weight excluding hydrogens is 236 g/mol. The van der Waals surface area contributed by atoms with Crippen molar-refractivity contribution in [1.82, 2.24) is 0 Å². The Hall–Kier alpha value is -0.820. The summed E-state index contributed by atoms with van der Waals surface area (Å²) in [6.45, 7) is 7.07. The first-order valence-electron chi connectivity index (χ1n) is 7.12. The second kappa shape index (κ2) is 5.88. The van der Waals surface area contributed by atoms with Gasteiger partial charge < -0.3 is 0 Å². The van der Waals surface area contributed by atoms with Crippen LogP contribution in [0.4, 0.5) is 0 Å². The Morgan fingerprint density at radius 3 is 2.61 bits per heavy atom. The number of benzene rings is 1. The average molecular weight is 260 g/mol. The molecule has 0 bridgehead atoms. The highest BCUT2D eigenvalue weighted by atomic mass is 32.1. The minimum atomic E-state index is 0.313. The minimum Gasteiger partial charge on any atom is -0.144 e. The Morgan fingerprint density at radius 2 is 1.83 bits per heavy atom. The standard InChI is InChI=1S/C17H24S/c1-4-5-6-9-12-17(2,3)15-13-18-16-11-8-7-10-14(15)16/h7-8,10-11,13H,4-6,9,12H2,1-3H3. The number of unbranched alkanes of at least 4 members (excludes halogenated alkanes) is 3. The van der Waals surface area contributed by atoms with Crippen molar-refractivity contribution in [1.29, 1.82) is 0 Å². The number of thiophene rings is 1. The van der Waals surface area contributed by atoms with E-state index in [1.807, 2.05) is 11.3 Å². The predicted octanol–water partition coefficient (Wildman–Crippen LogP) is 6.15. The van der Waals surface area contributed by atoms with Crippen molar-refractivity contribution < 1.29 is 0 Å². The summed E-state index contributed by atoms with van der Waals surface area (Å²) < 4.78 is 1.43. The smallest absolute Gasteiger partial charge is 0.0345 e. The molecule has 2 aromatic rings. The molecule has 0 aliphatic heterocycles. The average Bonchev–Trinajstić information content (AvgIpc) is 2.79. The fourth-order valence-corrected chi connectivity index (χ4v) is 3.78. The van der Waals surface area contributed by atoms with Crippen LogP contribution in [-0.4, -0.2) is 0 Å². The van der Waals surface area contributed by atoms with Crippen molar-refractivity contribution in [3.8, 4) is 0 Å². The van der Waals surface area contributed by atoms with Gasteiger partial charge in [0.05, 0.1) is 0 Å². The highest BCUT2D eigenvalue weighted by molar-refractivity contribution is 7.17. The van der Waals surface area contributed by atoms with Gasteiger partial charge in [-0.1, -0.05) is 64.7 Å². The van der Waals surface area contributed by atoms with Crippen LogP contribution in [-0.2, 0) is 5.41 Å². The van der Waals surface area contributed by atoms with E-state index >= 15 is 0 Å². The van der Waals surface area contributed by atoms with Gasteiger partial charge in [0.2, 0.25) is 0 Å². The molecule has 0 saturated heterocycles. The van der Waals surface area contributed by atoms with Crippen molar-refractivity contribution in [2.45, 2.75) is 58.3 Å². The van der Waals surface area contributed by atoms with Gasteiger partial charge in [0, 0.05) is 4.70 Å². The van der Waals surface area contributed by atoms with Crippen LogP contribution in [0.2, 0.25) is 0 Å². The lowest BCUT2D eigenvalue weighted by Crippen LogP contribution is -2.16. The molecule has 0 radical (unpaired) electrons. The van der Waals surface area contributed by atoms with Gasteiger partial charge in [-0.05, 0) is 34.2 Å². The largest absolute Gasteiger partial charge is 0.144 e. The third-order valence-electron chi connectivity index (χ3n) is 3.87. The molecule has 0 spiro atoms. The molecule has 0 saturated carbocycles. The molecule has 2 rings (SSSR count). The van der Waals surface area contributed by atoms with E-state index in [1.165, 1.54) is 42.2 Å². The van der Waals surface area contributed by atoms with Crippen LogP contribution < -0.4 is 0 Å². The maximum atomic E-state index is 2.40. The summed E-state index contributed by atoms with van der Waals surface area (Å²) in [6.07, 6.45) is 6.73. The lowest BCUT2D eigenvalue weighted by molar-refractivity contribution is 0.450. The third-order valence-corrected chi connectivity index (χ3v) is 4.83. The first-order valence-corrected chi connectivity index (χ1v) is 8.00. The summed E-state index contributed by atoms with van der Waals surface area (Å²) in [6, 6.07) is 8.80. The molecule has 0 amide bonds. The van der Waals surface area contributed by atoms with E-state index in [0.29, 0.717) is 5.41 Å². The molecule has 0 nitrogen and oxygen atoms in total. The monoisotopic (exact) mass is 260 g/mol. The highest BCUT2D eigenvalue weighted by Crippen LogP contribution is 2.37. The van der Waals surface area contributed by atoms with E-state index in [0.717, 1.165) is 0 Å². The fourth-order valence-electron chi connectivity index (χ4n) is 2.63. The Balaban J connectivity index is 2.13. The molecule has 1 aromatic carbocycles. The second-order valence-electron chi connectivity index (χ2n) is 5.84. The lowest BCUT2D eigenvalue weighted by atomic mass is 9.80. The topological polar surface area (TPSA) is 0 Å². The number of rotatable bonds is 6. The predicted molar refractivity (Wildman–Crippen MR) is 83.6 cm³/mol. The highest BCUT2D eigenvalue weighted by Gasteiger charge is 2.23. The summed E-state index contributed by atoms with van der Waals surface area (Å²) >= 11 is 1.88. The molecule has 0 aliphatic carbocycles. The summed E-state index contributed by atoms with van der Waals surface area (Å²) in [4.78, 5) is 0. The van der Waals surface area contributed by atoms with E-state index in [2.05, 4.69) is 50.4 Å². The number of hydrogen-bond donors (Lipinski definition) is 0. The van der Waals surface area contributed by atoms with Crippen molar-refractivity contribution in [2.75, 3.05) is 0 Å². The summed E-state index contributed by atoms with van der Waals surface area (Å²) in [5, 5.41) is 3.83. The molecule has 0 atom stereocenters. The molecule has 0 N–H and O–H groups in total. The van der Waals surface area contributed by atoms with Gasteiger partial charge >= 0.3 is 0 Å². The summed E-state index contributed by atoms with van der Waals surface area (Å²) in [5.74, 6) is 0. The summed E-state index contributed by atoms with van der Waals surface area (Å²) in [7, 11) is 0. The maximum Gasteiger partial charge on any atom is 0.0345 e. The molecule has 18 heavy (non-hydrogen) atoms. The molecule has 1 heterocycles. The SMILES string of the molecule is CCCCCCC(C)(C)c1csc2ccccc12. The Labute approximate surface area is 115 Å². The molecule has 1 aromatic heterocycles. The Kier molecular flexibility index (Phi) is 4.45. The van der Waals surface area contributed by atoms with Gasteiger partial charge in [-0.3, -0.25) is 0 Å². The van der Waals surface area contributed by atoms with Crippen molar-refractivity contribution in [3.63, 3.8) is 0 Å². The normalized spacial score (nSPS) is 12.2. The van der Waals surface area contributed by atoms with Gasteiger partial charge in [-0.25, -0.2) is 0 Å². The lowest BCUT2D eigenvalue weighted by Gasteiger charge is -2.24. The third kappa shape index (κ3) is 2.95. The van der Waals surface area contributed by atoms with E-state index in [4.69, 9.17) is 0 Å². The van der Waals surface area contributed by atoms with Crippen LogP contribution in [0.1, 0.15) is 58.4 Å². The second-order valence-corrected chi connectivity index (χ2v) is 6.75. The van der Waals surface area contributed by atoms with Crippen molar-refractivity contribution in [2.24, 2.45) is 0 Å². The molecule has 1 heteroatoms. The van der Waals surface area contributed by atoms with E-state index < -0.39 is 0 Å². The van der Waals surface area contributed by atoms with Crippen LogP contribution >= 0.6 is 11.3 Å². The summed E-state index contributed by atoms with van der Waals surface area (Å²) in [5.41, 5.74) is 1.85. The zero-order chi connectivity index (χ0) is 13.0. The molecule has 0 unspecified atom stereocenters. The van der Waals surface area contributed by atoms with Crippen molar-refractivity contribution >= 4 is 21.4 Å². The van der Waals surface area contributed by atoms with Gasteiger partial charge in [0.25, 0.3) is 0 Å². The maximum absolute atomic E-state index is 2.40. The number of hydrogen-bond acceptors (Lipinski definition) is 1. The number of fused-ring (bicyclic) bond motifs is 1. The van der Waals surface area contributed by atoms with E-state index in [1.54, 1.807) is 5.56 Å². The first kappa shape index (κ1) is 13.6. The molecule has 0 aliphatic rings. The van der Waals surface area contributed by atoms with Crippen LogP contribution in [0.3, 0.4) is 0 Å². The zero-order valence-corrected chi connectivity index (χ0v) is 12.6. The van der Waals surface area contributed by atoms with E-state index in [-0.39, 0.29) is 0 Å². The molecule has 0 fully saturated rings. The van der Waals surface area contributed by atoms with Gasteiger partial charge in [0.1, 0.15) is 0 Å². The first-order chi connectivity index (χ1) is 8.65. The van der Waals surface area contributed by atoms with Gasteiger partial charge in [-0.15, -0.1) is 11.3 Å². The van der Waals surface area contributed by atoms with Gasteiger partial charge in [0.15, 0.2) is 0 Å². The van der Waals surface area contributed by atoms with Gasteiger partial charge in [-0.2, -0.15) is 0 Å². The van der Waals surface area contributed by atoms with Crippen LogP contribution in [0.15, 0.2) is 29.6 Å². The Morgan fingerprint density at radius 1 is 1.06 bits per heavy atom. The quantitative estimate of drug-likeness (QED) is 0.546. The van der Waals surface area contributed by atoms with Crippen LogP contribution in [0.5, 0.6) is 0 Å². The molecule has 98 valence electrons. The van der Waals surface area contributed by atoms with Crippen LogP contribution in [0.25, 0.3) is 10.1 Å². The zero-order valence-electron chi connectivity index (χ0n) is 11.8. The van der Waals surface area contributed by atoms with Crippen LogP contribution in [0, 0.1) is 0 Å². The van der Waals surface area contributed by atoms with Crippen molar-refractivity contribution in [3.05, 3.63) is 35.2 Å². The van der Waals surface area contributed by atoms with E-state index in [9.17, 15) is 0 Å². The Bertz CT molecular complexity index is 493. The fraction of sp³-hybridized carbons (Fsp3) is 0.529. The minimum absolute atomic E-state index is 0.313.